The Labute approximate surface area is 138 Å². The molecule has 0 bridgehead atoms. The van der Waals surface area contributed by atoms with E-state index in [-0.39, 0.29) is 0 Å². The molecule has 0 atom stereocenters. The van der Waals surface area contributed by atoms with Gasteiger partial charge in [0, 0.05) is 22.8 Å². The molecule has 0 aliphatic rings. The topological polar surface area (TPSA) is 42.2 Å². The highest BCUT2D eigenvalue weighted by atomic mass is 32.1. The van der Waals surface area contributed by atoms with Crippen molar-refractivity contribution in [3.63, 3.8) is 0 Å². The number of rotatable bonds is 4. The number of hydrogen-bond acceptors (Lipinski definition) is 4. The van der Waals surface area contributed by atoms with Crippen LogP contribution >= 0.6 is 11.3 Å². The molecule has 0 fully saturated rings. The van der Waals surface area contributed by atoms with Crippen LogP contribution in [0.5, 0.6) is 0 Å². The zero-order valence-electron chi connectivity index (χ0n) is 12.7. The quantitative estimate of drug-likeness (QED) is 0.607. The van der Waals surface area contributed by atoms with Crippen molar-refractivity contribution in [3.05, 3.63) is 70.8 Å². The molecule has 1 aromatic carbocycles. The molecule has 23 heavy (non-hydrogen) atoms. The molecule has 0 saturated carbocycles. The van der Waals surface area contributed by atoms with E-state index >= 15 is 0 Å². The summed E-state index contributed by atoms with van der Waals surface area (Å²) < 4.78 is 2.08. The molecular weight excluding hydrogens is 304 g/mol. The molecule has 4 nitrogen and oxygen atoms in total. The van der Waals surface area contributed by atoms with E-state index in [2.05, 4.69) is 68.4 Å². The number of aryl methyl sites for hydroxylation is 1. The Morgan fingerprint density at radius 1 is 1.13 bits per heavy atom. The third-order valence-corrected chi connectivity index (χ3v) is 4.66. The first-order valence-corrected chi connectivity index (χ1v) is 8.34. The minimum Gasteiger partial charge on any atom is -0.362 e. The second kappa shape index (κ2) is 5.85. The Balaban J connectivity index is 1.70. The Morgan fingerprint density at radius 2 is 2.00 bits per heavy atom. The molecule has 114 valence electrons. The van der Waals surface area contributed by atoms with Gasteiger partial charge in [-0.2, -0.15) is 0 Å². The van der Waals surface area contributed by atoms with Gasteiger partial charge in [0.25, 0.3) is 0 Å². The lowest BCUT2D eigenvalue weighted by atomic mass is 10.1. The third-order valence-electron chi connectivity index (χ3n) is 3.79. The molecule has 0 aliphatic heterocycles. The van der Waals surface area contributed by atoms with Gasteiger partial charge in [0.2, 0.25) is 0 Å². The molecular formula is C18H16N4S. The van der Waals surface area contributed by atoms with Gasteiger partial charge in [0.05, 0.1) is 18.4 Å². The van der Waals surface area contributed by atoms with Gasteiger partial charge in [0.1, 0.15) is 0 Å². The van der Waals surface area contributed by atoms with Crippen molar-refractivity contribution >= 4 is 22.8 Å². The van der Waals surface area contributed by atoms with Crippen molar-refractivity contribution in [1.82, 2.24) is 14.4 Å². The number of fused-ring (bicyclic) bond motifs is 1. The average Bonchev–Trinajstić information content (AvgIpc) is 3.23. The van der Waals surface area contributed by atoms with Crippen LogP contribution in [0.1, 0.15) is 10.4 Å². The van der Waals surface area contributed by atoms with E-state index in [1.54, 1.807) is 11.3 Å². The van der Waals surface area contributed by atoms with Gasteiger partial charge < -0.3 is 5.32 Å². The monoisotopic (exact) mass is 320 g/mol. The molecule has 0 amide bonds. The number of anilines is 1. The standard InChI is InChI=1S/C18H16N4S/c1-13-4-6-14(7-5-13)16-12-21-18-17(19-8-9-22(16)18)20-11-15-3-2-10-23-15/h2-10,12H,11H2,1H3,(H,19,20). The molecule has 4 rings (SSSR count). The maximum Gasteiger partial charge on any atom is 0.180 e. The van der Waals surface area contributed by atoms with Gasteiger partial charge in [-0.15, -0.1) is 11.3 Å². The zero-order valence-corrected chi connectivity index (χ0v) is 13.5. The van der Waals surface area contributed by atoms with Crippen LogP contribution in [0.2, 0.25) is 0 Å². The van der Waals surface area contributed by atoms with Gasteiger partial charge in [-0.3, -0.25) is 4.40 Å². The van der Waals surface area contributed by atoms with Crippen LogP contribution < -0.4 is 5.32 Å². The van der Waals surface area contributed by atoms with Crippen molar-refractivity contribution in [3.8, 4) is 11.3 Å². The normalized spacial score (nSPS) is 11.0. The van der Waals surface area contributed by atoms with Gasteiger partial charge >= 0.3 is 0 Å². The number of nitrogens with one attached hydrogen (secondary N) is 1. The SMILES string of the molecule is Cc1ccc(-c2cnc3c(NCc4cccs4)nccn23)cc1. The van der Waals surface area contributed by atoms with Crippen molar-refractivity contribution in [1.29, 1.82) is 0 Å². The van der Waals surface area contributed by atoms with Gasteiger partial charge in [-0.25, -0.2) is 9.97 Å². The molecule has 1 N–H and O–H groups in total. The lowest BCUT2D eigenvalue weighted by molar-refractivity contribution is 1.08. The van der Waals surface area contributed by atoms with E-state index < -0.39 is 0 Å². The fourth-order valence-corrected chi connectivity index (χ4v) is 3.21. The fourth-order valence-electron chi connectivity index (χ4n) is 2.57. The summed E-state index contributed by atoms with van der Waals surface area (Å²) in [6.07, 6.45) is 5.66. The first-order valence-electron chi connectivity index (χ1n) is 7.46. The highest BCUT2D eigenvalue weighted by Crippen LogP contribution is 2.24. The van der Waals surface area contributed by atoms with Crippen LogP contribution in [0.4, 0.5) is 5.82 Å². The van der Waals surface area contributed by atoms with Gasteiger partial charge in [0.15, 0.2) is 11.5 Å². The largest absolute Gasteiger partial charge is 0.362 e. The number of nitrogens with zero attached hydrogens (tertiary/aromatic N) is 3. The molecule has 0 aliphatic carbocycles. The average molecular weight is 320 g/mol. The molecule has 0 spiro atoms. The fraction of sp³-hybridized carbons (Fsp3) is 0.111. The van der Waals surface area contributed by atoms with Crippen LogP contribution in [-0.4, -0.2) is 14.4 Å². The van der Waals surface area contributed by atoms with E-state index in [4.69, 9.17) is 0 Å². The summed E-state index contributed by atoms with van der Waals surface area (Å²) in [5, 5.41) is 5.46. The van der Waals surface area contributed by atoms with Crippen molar-refractivity contribution < 1.29 is 0 Å². The summed E-state index contributed by atoms with van der Waals surface area (Å²) >= 11 is 1.73. The Bertz CT molecular complexity index is 923. The van der Waals surface area contributed by atoms with E-state index in [1.807, 2.05) is 18.6 Å². The van der Waals surface area contributed by atoms with Crippen molar-refractivity contribution in [2.24, 2.45) is 0 Å². The number of benzene rings is 1. The molecule has 5 heteroatoms. The highest BCUT2D eigenvalue weighted by Gasteiger charge is 2.10. The van der Waals surface area contributed by atoms with E-state index in [0.29, 0.717) is 0 Å². The van der Waals surface area contributed by atoms with Crippen LogP contribution in [0, 0.1) is 6.92 Å². The molecule has 3 heterocycles. The van der Waals surface area contributed by atoms with E-state index in [0.717, 1.165) is 29.3 Å². The van der Waals surface area contributed by atoms with Crippen LogP contribution in [0.3, 0.4) is 0 Å². The molecule has 0 radical (unpaired) electrons. The maximum absolute atomic E-state index is 4.56. The van der Waals surface area contributed by atoms with Crippen LogP contribution in [-0.2, 0) is 6.54 Å². The maximum atomic E-state index is 4.56. The minimum absolute atomic E-state index is 0.761. The molecule has 4 aromatic rings. The first-order chi connectivity index (χ1) is 11.3. The van der Waals surface area contributed by atoms with Gasteiger partial charge in [-0.1, -0.05) is 35.9 Å². The number of hydrogen-bond donors (Lipinski definition) is 1. The third kappa shape index (κ3) is 2.71. The Morgan fingerprint density at radius 3 is 2.78 bits per heavy atom. The molecule has 0 unspecified atom stereocenters. The number of imidazole rings is 1. The van der Waals surface area contributed by atoms with Gasteiger partial charge in [-0.05, 0) is 18.4 Å². The summed E-state index contributed by atoms with van der Waals surface area (Å²) in [6.45, 7) is 2.85. The smallest absolute Gasteiger partial charge is 0.180 e. The Kier molecular flexibility index (Phi) is 3.55. The lowest BCUT2D eigenvalue weighted by Crippen LogP contribution is -2.02. The molecule has 3 aromatic heterocycles. The van der Waals surface area contributed by atoms with Crippen LogP contribution in [0.25, 0.3) is 16.9 Å². The van der Waals surface area contributed by atoms with Crippen molar-refractivity contribution in [2.75, 3.05) is 5.32 Å². The summed E-state index contributed by atoms with van der Waals surface area (Å²) in [7, 11) is 0. The van der Waals surface area contributed by atoms with Crippen molar-refractivity contribution in [2.45, 2.75) is 13.5 Å². The van der Waals surface area contributed by atoms with E-state index in [1.165, 1.54) is 10.4 Å². The highest BCUT2D eigenvalue weighted by molar-refractivity contribution is 7.09. The van der Waals surface area contributed by atoms with E-state index in [9.17, 15) is 0 Å². The van der Waals surface area contributed by atoms with Crippen LogP contribution in [0.15, 0.2) is 60.4 Å². The predicted octanol–water partition coefficient (Wildman–Crippen LogP) is 4.38. The second-order valence-corrected chi connectivity index (χ2v) is 6.44. The number of aromatic nitrogens is 3. The summed E-state index contributed by atoms with van der Waals surface area (Å²) in [5.41, 5.74) is 4.32. The Hall–Kier alpha value is -2.66. The lowest BCUT2D eigenvalue weighted by Gasteiger charge is -2.07. The predicted molar refractivity (Wildman–Crippen MR) is 94.8 cm³/mol. The first kappa shape index (κ1) is 14.0. The summed E-state index contributed by atoms with van der Waals surface area (Å²) in [6, 6.07) is 12.6. The molecule has 0 saturated heterocycles. The summed E-state index contributed by atoms with van der Waals surface area (Å²) in [4.78, 5) is 10.3. The number of thiophene rings is 1. The summed E-state index contributed by atoms with van der Waals surface area (Å²) in [5.74, 6) is 0.805. The second-order valence-electron chi connectivity index (χ2n) is 5.41. The zero-order chi connectivity index (χ0) is 15.6. The minimum atomic E-state index is 0.761.